The highest BCUT2D eigenvalue weighted by molar-refractivity contribution is 7.89. The Kier molecular flexibility index (Phi) is 5.77. The number of ketones is 2. The molecule has 3 heterocycles. The number of sulfonamides is 1. The Hall–Kier alpha value is -2.47. The minimum Gasteiger partial charge on any atom is -0.355 e. The molecule has 0 bridgehead atoms. The van der Waals surface area contributed by atoms with Crippen LogP contribution in [-0.2, 0) is 10.0 Å². The van der Waals surface area contributed by atoms with Gasteiger partial charge in [-0.2, -0.15) is 13.1 Å². The summed E-state index contributed by atoms with van der Waals surface area (Å²) in [6.07, 6.45) is 0. The molecule has 0 spiro atoms. The van der Waals surface area contributed by atoms with Crippen molar-refractivity contribution in [1.82, 2.24) is 22.9 Å². The van der Waals surface area contributed by atoms with Crippen LogP contribution >= 0.6 is 11.7 Å². The van der Waals surface area contributed by atoms with Crippen molar-refractivity contribution in [2.45, 2.75) is 25.7 Å². The fraction of sp³-hybridized carbons (Fsp3) is 0.400. The van der Waals surface area contributed by atoms with Crippen LogP contribution in [0.1, 0.15) is 39.0 Å². The number of hydrogen-bond acceptors (Lipinski definition) is 8. The summed E-state index contributed by atoms with van der Waals surface area (Å²) in [5.41, 5.74) is 3.32. The molecule has 31 heavy (non-hydrogen) atoms. The molecule has 1 fully saturated rings. The highest BCUT2D eigenvalue weighted by Crippen LogP contribution is 2.25. The zero-order chi connectivity index (χ0) is 22.3. The van der Waals surface area contributed by atoms with Crippen molar-refractivity contribution in [2.24, 2.45) is 0 Å². The van der Waals surface area contributed by atoms with Crippen LogP contribution in [0.15, 0.2) is 23.1 Å². The normalized spacial score (nSPS) is 16.1. The molecule has 0 atom stereocenters. The van der Waals surface area contributed by atoms with Gasteiger partial charge in [0, 0.05) is 37.4 Å². The molecule has 1 saturated heterocycles. The van der Waals surface area contributed by atoms with E-state index in [0.29, 0.717) is 46.6 Å². The van der Waals surface area contributed by atoms with E-state index in [9.17, 15) is 18.0 Å². The maximum atomic E-state index is 13.1. The van der Waals surface area contributed by atoms with E-state index in [1.54, 1.807) is 32.0 Å². The number of carbonyl (C=O) groups is 2. The van der Waals surface area contributed by atoms with Gasteiger partial charge in [0.2, 0.25) is 10.0 Å². The Bertz CT molecular complexity index is 1270. The van der Waals surface area contributed by atoms with Crippen LogP contribution < -0.4 is 0 Å². The van der Waals surface area contributed by atoms with Crippen LogP contribution in [0.2, 0.25) is 0 Å². The van der Waals surface area contributed by atoms with Gasteiger partial charge in [0.15, 0.2) is 11.6 Å². The molecular weight excluding hydrogens is 438 g/mol. The van der Waals surface area contributed by atoms with E-state index in [4.69, 9.17) is 0 Å². The highest BCUT2D eigenvalue weighted by Gasteiger charge is 2.31. The SMILES string of the molecule is CC(=O)c1c(C)[nH]c(C(=O)CN2CCN(S(=O)(=O)c3cccc4nsnc34)CC2)c1C. The van der Waals surface area contributed by atoms with E-state index >= 15 is 0 Å². The number of piperazine rings is 1. The van der Waals surface area contributed by atoms with Gasteiger partial charge in [-0.3, -0.25) is 14.5 Å². The zero-order valence-corrected chi connectivity index (χ0v) is 19.1. The first-order valence-electron chi connectivity index (χ1n) is 9.87. The molecule has 11 heteroatoms. The standard InChI is InChI=1S/C20H23N5O4S2/c1-12-18(14(3)26)13(2)21-19(12)16(27)11-24-7-9-25(10-8-24)31(28,29)17-6-4-5-15-20(17)23-30-22-15/h4-6,21H,7-11H2,1-3H3. The summed E-state index contributed by atoms with van der Waals surface area (Å²) in [5, 5.41) is 0. The maximum absolute atomic E-state index is 13.1. The van der Waals surface area contributed by atoms with Gasteiger partial charge in [-0.15, -0.1) is 0 Å². The fourth-order valence-electron chi connectivity index (χ4n) is 4.10. The predicted octanol–water partition coefficient (Wildman–Crippen LogP) is 2.03. The molecule has 1 aromatic carbocycles. The summed E-state index contributed by atoms with van der Waals surface area (Å²) in [7, 11) is -3.70. The summed E-state index contributed by atoms with van der Waals surface area (Å²) < 4.78 is 36.0. The minimum absolute atomic E-state index is 0.0746. The number of H-pyrrole nitrogens is 1. The van der Waals surface area contributed by atoms with E-state index in [-0.39, 0.29) is 36.1 Å². The number of Topliss-reactive ketones (excluding diaryl/α,β-unsaturated/α-hetero) is 2. The van der Waals surface area contributed by atoms with Crippen LogP contribution in [0.5, 0.6) is 0 Å². The van der Waals surface area contributed by atoms with Gasteiger partial charge in [-0.1, -0.05) is 6.07 Å². The summed E-state index contributed by atoms with van der Waals surface area (Å²) in [6.45, 7) is 6.64. The third-order valence-electron chi connectivity index (χ3n) is 5.63. The minimum atomic E-state index is -3.70. The van der Waals surface area contributed by atoms with Crippen molar-refractivity contribution in [3.63, 3.8) is 0 Å². The second-order valence-electron chi connectivity index (χ2n) is 7.67. The molecule has 1 aliphatic heterocycles. The monoisotopic (exact) mass is 461 g/mol. The van der Waals surface area contributed by atoms with Gasteiger partial charge in [0.25, 0.3) is 0 Å². The molecule has 4 rings (SSSR count). The van der Waals surface area contributed by atoms with Gasteiger partial charge in [0.05, 0.1) is 24.0 Å². The third-order valence-corrected chi connectivity index (χ3v) is 8.11. The van der Waals surface area contributed by atoms with Crippen LogP contribution in [0.4, 0.5) is 0 Å². The van der Waals surface area contributed by atoms with Crippen molar-refractivity contribution in [3.05, 3.63) is 40.7 Å². The molecule has 0 amide bonds. The number of hydrogen-bond donors (Lipinski definition) is 1. The topological polar surface area (TPSA) is 116 Å². The Labute approximate surface area is 184 Å². The predicted molar refractivity (Wildman–Crippen MR) is 117 cm³/mol. The molecular formula is C20H23N5O4S2. The van der Waals surface area contributed by atoms with Crippen molar-refractivity contribution >= 4 is 44.4 Å². The lowest BCUT2D eigenvalue weighted by Crippen LogP contribution is -2.49. The summed E-state index contributed by atoms with van der Waals surface area (Å²) in [5.74, 6) is -0.183. The zero-order valence-electron chi connectivity index (χ0n) is 17.5. The average Bonchev–Trinajstić information content (AvgIpc) is 3.32. The molecule has 0 saturated carbocycles. The van der Waals surface area contributed by atoms with E-state index < -0.39 is 10.0 Å². The largest absolute Gasteiger partial charge is 0.355 e. The summed E-state index contributed by atoms with van der Waals surface area (Å²) in [6, 6.07) is 4.96. The van der Waals surface area contributed by atoms with E-state index in [2.05, 4.69) is 13.7 Å². The van der Waals surface area contributed by atoms with Gasteiger partial charge in [0.1, 0.15) is 15.9 Å². The number of aromatic nitrogens is 3. The lowest BCUT2D eigenvalue weighted by molar-refractivity contribution is 0.0896. The number of aromatic amines is 1. The first-order valence-corrected chi connectivity index (χ1v) is 12.0. The smallest absolute Gasteiger partial charge is 0.245 e. The number of nitrogens with one attached hydrogen (secondary N) is 1. The Morgan fingerprint density at radius 3 is 2.48 bits per heavy atom. The highest BCUT2D eigenvalue weighted by atomic mass is 32.2. The molecule has 1 N–H and O–H groups in total. The maximum Gasteiger partial charge on any atom is 0.245 e. The average molecular weight is 462 g/mol. The first kappa shape index (κ1) is 21.8. The van der Waals surface area contributed by atoms with Crippen LogP contribution in [0, 0.1) is 13.8 Å². The number of aryl methyl sites for hydroxylation is 1. The van der Waals surface area contributed by atoms with E-state index in [1.165, 1.54) is 11.2 Å². The van der Waals surface area contributed by atoms with Crippen LogP contribution in [-0.4, -0.2) is 75.6 Å². The van der Waals surface area contributed by atoms with Gasteiger partial charge < -0.3 is 4.98 Å². The summed E-state index contributed by atoms with van der Waals surface area (Å²) >= 11 is 0.988. The Balaban J connectivity index is 1.44. The molecule has 9 nitrogen and oxygen atoms in total. The molecule has 164 valence electrons. The molecule has 0 radical (unpaired) electrons. The lowest BCUT2D eigenvalue weighted by Gasteiger charge is -2.33. The van der Waals surface area contributed by atoms with Gasteiger partial charge in [-0.05, 0) is 38.5 Å². The van der Waals surface area contributed by atoms with Crippen LogP contribution in [0.3, 0.4) is 0 Å². The fourth-order valence-corrected chi connectivity index (χ4v) is 6.27. The molecule has 1 aliphatic rings. The number of nitrogens with zero attached hydrogens (tertiary/aromatic N) is 4. The van der Waals surface area contributed by atoms with Crippen LogP contribution in [0.25, 0.3) is 11.0 Å². The first-order chi connectivity index (χ1) is 14.7. The van der Waals surface area contributed by atoms with Crippen molar-refractivity contribution in [1.29, 1.82) is 0 Å². The molecule has 2 aromatic heterocycles. The van der Waals surface area contributed by atoms with Crippen molar-refractivity contribution in [3.8, 4) is 0 Å². The molecule has 3 aromatic rings. The third kappa shape index (κ3) is 3.93. The number of fused-ring (bicyclic) bond motifs is 1. The second-order valence-corrected chi connectivity index (χ2v) is 10.1. The van der Waals surface area contributed by atoms with Crippen molar-refractivity contribution < 1.29 is 18.0 Å². The number of carbonyl (C=O) groups excluding carboxylic acids is 2. The van der Waals surface area contributed by atoms with Gasteiger partial charge >= 0.3 is 0 Å². The second kappa shape index (κ2) is 8.23. The molecule has 0 unspecified atom stereocenters. The van der Waals surface area contributed by atoms with Gasteiger partial charge in [-0.25, -0.2) is 8.42 Å². The summed E-state index contributed by atoms with van der Waals surface area (Å²) in [4.78, 5) is 29.8. The van der Waals surface area contributed by atoms with E-state index in [0.717, 1.165) is 11.7 Å². The number of benzene rings is 1. The number of rotatable bonds is 6. The Morgan fingerprint density at radius 2 is 1.84 bits per heavy atom. The lowest BCUT2D eigenvalue weighted by atomic mass is 10.1. The van der Waals surface area contributed by atoms with Crippen molar-refractivity contribution in [2.75, 3.05) is 32.7 Å². The Morgan fingerprint density at radius 1 is 1.13 bits per heavy atom. The van der Waals surface area contributed by atoms with E-state index in [1.807, 2.05) is 4.90 Å². The molecule has 0 aliphatic carbocycles. The quantitative estimate of drug-likeness (QED) is 0.558.